The largest absolute Gasteiger partial charge is 0.459 e. The van der Waals surface area contributed by atoms with Gasteiger partial charge in [0.25, 0.3) is 5.67 Å². The minimum absolute atomic E-state index is 0.0229. The second-order valence-electron chi connectivity index (χ2n) is 16.1. The van der Waals surface area contributed by atoms with Gasteiger partial charge in [-0.2, -0.15) is 0 Å². The number of carbonyl (C=O) groups is 4. The normalized spacial score (nSPS) is 37.5. The van der Waals surface area contributed by atoms with Gasteiger partial charge in [0.2, 0.25) is 0 Å². The van der Waals surface area contributed by atoms with Crippen molar-refractivity contribution in [3.05, 3.63) is 30.5 Å². The summed E-state index contributed by atoms with van der Waals surface area (Å²) >= 11 is 0. The van der Waals surface area contributed by atoms with Crippen molar-refractivity contribution in [3.63, 3.8) is 0 Å². The number of cyclic esters (lactones) is 1. The zero-order chi connectivity index (χ0) is 41.3. The zero-order valence-electron chi connectivity index (χ0n) is 33.4. The van der Waals surface area contributed by atoms with Crippen molar-refractivity contribution < 1.29 is 52.4 Å². The van der Waals surface area contributed by atoms with Crippen molar-refractivity contribution in [2.24, 2.45) is 29.4 Å². The van der Waals surface area contributed by atoms with Crippen LogP contribution < -0.4 is 11.5 Å². The summed E-state index contributed by atoms with van der Waals surface area (Å²) in [6.45, 7) is 10.9. The number of aryl methyl sites for hydroxylation is 1. The maximum Gasteiger partial charge on any atom is 0.410 e. The quantitative estimate of drug-likeness (QED) is 0.144. The molecule has 16 nitrogen and oxygen atoms in total. The smallest absolute Gasteiger partial charge is 0.410 e. The molecule has 5 rings (SSSR count). The molecule has 4 heterocycles. The summed E-state index contributed by atoms with van der Waals surface area (Å²) in [4.78, 5) is 56.4. The van der Waals surface area contributed by atoms with Gasteiger partial charge in [-0.25, -0.2) is 14.0 Å². The van der Waals surface area contributed by atoms with Crippen molar-refractivity contribution in [1.82, 2.24) is 19.9 Å². The lowest BCUT2D eigenvalue weighted by Gasteiger charge is -2.47. The predicted octanol–water partition coefficient (Wildman–Crippen LogP) is 3.08. The molecule has 1 amide bonds. The molecule has 3 fully saturated rings. The van der Waals surface area contributed by atoms with E-state index >= 15 is 4.39 Å². The summed E-state index contributed by atoms with van der Waals surface area (Å²) < 4.78 is 47.4. The van der Waals surface area contributed by atoms with Gasteiger partial charge in [0, 0.05) is 55.2 Å². The number of hydrogen-bond acceptors (Lipinski definition) is 14. The Morgan fingerprint density at radius 2 is 1.75 bits per heavy atom. The summed E-state index contributed by atoms with van der Waals surface area (Å²) in [5, 5.41) is 19.5. The Balaban J connectivity index is 1.37. The predicted molar refractivity (Wildman–Crippen MR) is 200 cm³/mol. The summed E-state index contributed by atoms with van der Waals surface area (Å²) in [6.07, 6.45) is -3.40. The van der Waals surface area contributed by atoms with E-state index in [4.69, 9.17) is 35.2 Å². The number of aromatic nitrogens is 3. The monoisotopic (exact) mass is 788 g/mol. The van der Waals surface area contributed by atoms with Crippen LogP contribution in [-0.4, -0.2) is 123 Å². The van der Waals surface area contributed by atoms with E-state index in [9.17, 15) is 24.3 Å². The van der Waals surface area contributed by atoms with Gasteiger partial charge in [-0.15, -0.1) is 5.10 Å². The Hall–Kier alpha value is -4.03. The highest BCUT2D eigenvalue weighted by atomic mass is 19.1. The second-order valence-corrected chi connectivity index (χ2v) is 16.1. The molecular weight excluding hydrogens is 731 g/mol. The number of methoxy groups -OCH3 is 1. The number of fused-ring (bicyclic) bond motifs is 1. The number of nitrogen functional groups attached to an aromatic ring is 1. The molecule has 5 N–H and O–H groups in total. The van der Waals surface area contributed by atoms with Crippen LogP contribution in [0.2, 0.25) is 0 Å². The number of ketones is 2. The summed E-state index contributed by atoms with van der Waals surface area (Å²) in [6, 6.07) is 5.68. The first-order valence-corrected chi connectivity index (χ1v) is 19.3. The van der Waals surface area contributed by atoms with Gasteiger partial charge in [0.05, 0.1) is 30.0 Å². The van der Waals surface area contributed by atoms with E-state index in [0.29, 0.717) is 30.8 Å². The lowest BCUT2D eigenvalue weighted by molar-refractivity contribution is -0.297. The van der Waals surface area contributed by atoms with Gasteiger partial charge < -0.3 is 45.2 Å². The van der Waals surface area contributed by atoms with E-state index in [2.05, 4.69) is 10.3 Å². The van der Waals surface area contributed by atoms with Gasteiger partial charge in [-0.3, -0.25) is 14.3 Å². The van der Waals surface area contributed by atoms with E-state index in [1.807, 2.05) is 19.1 Å². The van der Waals surface area contributed by atoms with Crippen LogP contribution in [0.25, 0.3) is 11.3 Å². The maximum absolute atomic E-state index is 16.4. The molecular formula is C39H57FN6O10. The lowest BCUT2D eigenvalue weighted by atomic mass is 9.75. The summed E-state index contributed by atoms with van der Waals surface area (Å²) in [5.41, 5.74) is 9.66. The molecule has 3 aliphatic heterocycles. The van der Waals surface area contributed by atoms with Crippen LogP contribution in [0.4, 0.5) is 14.9 Å². The first kappa shape index (κ1) is 43.1. The number of ether oxygens (including phenoxy) is 5. The van der Waals surface area contributed by atoms with Crippen molar-refractivity contribution in [1.29, 1.82) is 0 Å². The van der Waals surface area contributed by atoms with Crippen LogP contribution >= 0.6 is 0 Å². The lowest BCUT2D eigenvalue weighted by Crippen LogP contribution is -2.62. The molecule has 2 aromatic rings. The third kappa shape index (κ3) is 8.76. The van der Waals surface area contributed by atoms with E-state index in [-0.39, 0.29) is 24.7 Å². The van der Waals surface area contributed by atoms with E-state index in [0.717, 1.165) is 12.5 Å². The summed E-state index contributed by atoms with van der Waals surface area (Å²) in [5.74, 6) is -6.11. The van der Waals surface area contributed by atoms with Crippen LogP contribution in [0.3, 0.4) is 0 Å². The minimum Gasteiger partial charge on any atom is -0.459 e. The highest BCUT2D eigenvalue weighted by Gasteiger charge is 2.55. The zero-order valence-corrected chi connectivity index (χ0v) is 33.4. The first-order valence-electron chi connectivity index (χ1n) is 19.3. The third-order valence-electron chi connectivity index (χ3n) is 12.0. The Labute approximate surface area is 326 Å². The first-order chi connectivity index (χ1) is 26.3. The van der Waals surface area contributed by atoms with Crippen LogP contribution in [0, 0.1) is 23.7 Å². The average Bonchev–Trinajstić information content (AvgIpc) is 3.77. The number of alkyl halides is 1. The Kier molecular flexibility index (Phi) is 13.3. The molecule has 1 aromatic carbocycles. The molecule has 0 bridgehead atoms. The molecule has 1 aromatic heterocycles. The number of amides is 1. The van der Waals surface area contributed by atoms with Crippen LogP contribution in [0.1, 0.15) is 67.7 Å². The van der Waals surface area contributed by atoms with Crippen LogP contribution in [0.5, 0.6) is 0 Å². The van der Waals surface area contributed by atoms with Crippen LogP contribution in [-0.2, 0) is 44.6 Å². The third-order valence-corrected chi connectivity index (χ3v) is 12.0. The number of esters is 1. The van der Waals surface area contributed by atoms with Gasteiger partial charge in [0.15, 0.2) is 18.2 Å². The number of anilines is 1. The van der Waals surface area contributed by atoms with Gasteiger partial charge in [-0.05, 0) is 58.1 Å². The highest BCUT2D eigenvalue weighted by molar-refractivity contribution is 6.07. The Morgan fingerprint density at radius 1 is 1.05 bits per heavy atom. The molecule has 17 heteroatoms. The molecule has 0 saturated carbocycles. The highest BCUT2D eigenvalue weighted by Crippen LogP contribution is 2.39. The fourth-order valence-electron chi connectivity index (χ4n) is 8.22. The Bertz CT molecular complexity index is 1740. The SMILES string of the molecule is CO[C@]1(C)C[C@@H](C)C(=O)[C@H](C)[C@@H]2[C@@H](COC(=O)[C@@](C)(F)C(=O)[C@H](C)[C@H]1O[C@@H]1OC(C)[C@H](C)C(N)C1O)OC(=O)N2CCCCn1cc(-c2cccc(N)c2)nn1. The van der Waals surface area contributed by atoms with Crippen LogP contribution in [0.15, 0.2) is 30.5 Å². The van der Waals surface area contributed by atoms with E-state index < -0.39 is 96.3 Å². The number of unbranched alkanes of at least 4 members (excludes halogenated alkanes) is 1. The molecule has 3 unspecified atom stereocenters. The number of aliphatic hydroxyl groups excluding tert-OH is 1. The number of nitrogens with zero attached hydrogens (tertiary/aromatic N) is 4. The molecule has 3 aliphatic rings. The molecule has 3 saturated heterocycles. The molecule has 0 spiro atoms. The number of hydrogen-bond donors (Lipinski definition) is 3. The number of halogens is 1. The van der Waals surface area contributed by atoms with Gasteiger partial charge in [-0.1, -0.05) is 45.0 Å². The average molecular weight is 789 g/mol. The molecule has 310 valence electrons. The van der Waals surface area contributed by atoms with Gasteiger partial charge in [0.1, 0.15) is 24.2 Å². The maximum atomic E-state index is 16.4. The Morgan fingerprint density at radius 3 is 2.43 bits per heavy atom. The minimum atomic E-state index is -3.16. The molecule has 13 atom stereocenters. The number of carbonyl (C=O) groups excluding carboxylic acids is 4. The number of benzene rings is 1. The van der Waals surface area contributed by atoms with E-state index in [1.54, 1.807) is 50.7 Å². The van der Waals surface area contributed by atoms with Gasteiger partial charge >= 0.3 is 12.1 Å². The number of nitrogens with two attached hydrogens (primary N) is 2. The standard InChI is InChI=1S/C39H57FN6O10/c1-20-17-38(6,52-8)34(56-35-32(48)29(42)21(2)24(5)54-35)23(4)33(49)39(7,40)36(50)53-19-28-30(22(3)31(20)47)46(37(51)55-28)15-10-9-14-45-18-27(43-44-45)25-12-11-13-26(41)16-25/h11-13,16,18,20-24,28-30,32,34-35,48H,9-10,14-15,17,19,41-42H2,1-8H3/t20-,21+,22-,23+,24?,28-,29?,30-,32?,34-,35+,38-,39+/m1/s1. The molecule has 56 heavy (non-hydrogen) atoms. The van der Waals surface area contributed by atoms with Crippen molar-refractivity contribution in [3.8, 4) is 11.3 Å². The second kappa shape index (κ2) is 17.2. The van der Waals surface area contributed by atoms with Crippen molar-refractivity contribution >= 4 is 29.3 Å². The van der Waals surface area contributed by atoms with E-state index in [1.165, 1.54) is 18.9 Å². The molecule has 0 aliphatic carbocycles. The number of Topliss-reactive ketones (excluding diaryl/α,β-unsaturated/α-hetero) is 2. The number of aliphatic hydroxyl groups is 1. The summed E-state index contributed by atoms with van der Waals surface area (Å²) in [7, 11) is 1.37. The fourth-order valence-corrected chi connectivity index (χ4v) is 8.22. The van der Waals surface area contributed by atoms with Crippen molar-refractivity contribution in [2.45, 2.75) is 128 Å². The topological polar surface area (TPSA) is 221 Å². The number of rotatable bonds is 9. The fraction of sp³-hybridized carbons (Fsp3) is 0.692. The molecule has 0 radical (unpaired) electrons. The van der Waals surface area contributed by atoms with Crippen molar-refractivity contribution in [2.75, 3.05) is 26.0 Å².